The molecular formula is C16H22N2O3S. The predicted octanol–water partition coefficient (Wildman–Crippen LogP) is 2.19. The molecule has 2 heterocycles. The fourth-order valence-electron chi connectivity index (χ4n) is 3.59. The van der Waals surface area contributed by atoms with E-state index in [-0.39, 0.29) is 11.3 Å². The van der Waals surface area contributed by atoms with Crippen LogP contribution in [-0.2, 0) is 11.2 Å². The van der Waals surface area contributed by atoms with Gasteiger partial charge in [-0.1, -0.05) is 26.2 Å². The van der Waals surface area contributed by atoms with Crippen molar-refractivity contribution in [3.8, 4) is 0 Å². The molecule has 0 unspecified atom stereocenters. The molecule has 1 atom stereocenters. The molecule has 1 fully saturated rings. The molecule has 3 rings (SSSR count). The number of amides is 2. The molecule has 1 aromatic heterocycles. The summed E-state index contributed by atoms with van der Waals surface area (Å²) in [6.07, 6.45) is 4.82. The summed E-state index contributed by atoms with van der Waals surface area (Å²) in [6.45, 7) is 2.51. The second-order valence-corrected chi connectivity index (χ2v) is 7.69. The van der Waals surface area contributed by atoms with Crippen molar-refractivity contribution in [3.63, 3.8) is 0 Å². The van der Waals surface area contributed by atoms with E-state index in [9.17, 15) is 14.7 Å². The smallest absolute Gasteiger partial charge is 0.258 e. The Morgan fingerprint density at radius 3 is 2.68 bits per heavy atom. The number of aliphatic hydroxyl groups excluding tert-OH is 1. The number of fused-ring (bicyclic) bond motifs is 1. The Bertz CT molecular complexity index is 605. The molecule has 1 saturated carbocycles. The normalized spacial score (nSPS) is 23.9. The first-order valence-electron chi connectivity index (χ1n) is 7.84. The fourth-order valence-corrected chi connectivity index (χ4v) is 4.65. The van der Waals surface area contributed by atoms with Gasteiger partial charge in [0.05, 0.1) is 9.75 Å². The van der Waals surface area contributed by atoms with Crippen LogP contribution in [0, 0.1) is 5.41 Å². The predicted molar refractivity (Wildman–Crippen MR) is 84.4 cm³/mol. The second-order valence-electron chi connectivity index (χ2n) is 6.61. The Morgan fingerprint density at radius 2 is 2.05 bits per heavy atom. The maximum Gasteiger partial charge on any atom is 0.258 e. The van der Waals surface area contributed by atoms with Gasteiger partial charge in [0.2, 0.25) is 5.91 Å². The molecule has 5 nitrogen and oxygen atoms in total. The Balaban J connectivity index is 1.84. The van der Waals surface area contributed by atoms with Gasteiger partial charge in [-0.05, 0) is 30.9 Å². The summed E-state index contributed by atoms with van der Waals surface area (Å²) >= 11 is 1.20. The van der Waals surface area contributed by atoms with E-state index >= 15 is 0 Å². The monoisotopic (exact) mass is 322 g/mol. The van der Waals surface area contributed by atoms with Crippen LogP contribution in [-0.4, -0.2) is 28.4 Å². The molecule has 0 saturated heterocycles. The molecule has 6 heteroatoms. The van der Waals surface area contributed by atoms with E-state index in [1.54, 1.807) is 11.0 Å². The van der Waals surface area contributed by atoms with E-state index in [0.717, 1.165) is 31.2 Å². The van der Waals surface area contributed by atoms with Crippen molar-refractivity contribution < 1.29 is 14.7 Å². The van der Waals surface area contributed by atoms with Crippen LogP contribution < -0.4 is 5.73 Å². The van der Waals surface area contributed by atoms with E-state index in [1.807, 2.05) is 6.92 Å². The molecule has 3 N–H and O–H groups in total. The van der Waals surface area contributed by atoms with Crippen LogP contribution in [0.5, 0.6) is 0 Å². The summed E-state index contributed by atoms with van der Waals surface area (Å²) in [6, 6.07) is 1.75. The average Bonchev–Trinajstić information content (AvgIpc) is 2.93. The van der Waals surface area contributed by atoms with Gasteiger partial charge in [0.25, 0.3) is 5.91 Å². The third-order valence-electron chi connectivity index (χ3n) is 4.97. The Kier molecular flexibility index (Phi) is 3.99. The van der Waals surface area contributed by atoms with Gasteiger partial charge in [0.15, 0.2) is 6.23 Å². The standard InChI is InChI=1S/C16H22N2O3S/c1-16(6-3-2-4-7-16)15(21)18-8-5-10-9-11(13(17)19)22-12(10)14(18)20/h9,14,20H,2-8H2,1H3,(H2,17,19)/t14-/m1/s1. The lowest BCUT2D eigenvalue weighted by Crippen LogP contribution is -2.47. The van der Waals surface area contributed by atoms with Gasteiger partial charge < -0.3 is 15.7 Å². The molecule has 1 aliphatic heterocycles. The Hall–Kier alpha value is -1.40. The summed E-state index contributed by atoms with van der Waals surface area (Å²) in [4.78, 5) is 26.9. The summed E-state index contributed by atoms with van der Waals surface area (Å²) in [5.41, 5.74) is 5.89. The number of hydrogen-bond donors (Lipinski definition) is 2. The highest BCUT2D eigenvalue weighted by molar-refractivity contribution is 7.14. The van der Waals surface area contributed by atoms with E-state index in [4.69, 9.17) is 5.73 Å². The molecule has 0 spiro atoms. The highest BCUT2D eigenvalue weighted by Crippen LogP contribution is 2.41. The first kappa shape index (κ1) is 15.5. The van der Waals surface area contributed by atoms with Crippen LogP contribution in [0.2, 0.25) is 0 Å². The van der Waals surface area contributed by atoms with Gasteiger partial charge in [0.1, 0.15) is 0 Å². The fraction of sp³-hybridized carbons (Fsp3) is 0.625. The van der Waals surface area contributed by atoms with Crippen LogP contribution in [0.15, 0.2) is 6.07 Å². The summed E-state index contributed by atoms with van der Waals surface area (Å²) in [5.74, 6) is -0.442. The average molecular weight is 322 g/mol. The van der Waals surface area contributed by atoms with Crippen molar-refractivity contribution in [1.82, 2.24) is 4.90 Å². The van der Waals surface area contributed by atoms with Gasteiger partial charge in [-0.25, -0.2) is 0 Å². The molecule has 1 aromatic rings. The minimum atomic E-state index is -0.951. The lowest BCUT2D eigenvalue weighted by Gasteiger charge is -2.40. The minimum absolute atomic E-state index is 0.0411. The van der Waals surface area contributed by atoms with E-state index in [1.165, 1.54) is 17.8 Å². The molecule has 2 amide bonds. The first-order chi connectivity index (χ1) is 10.4. The van der Waals surface area contributed by atoms with Gasteiger partial charge in [-0.2, -0.15) is 0 Å². The number of carbonyl (C=O) groups excluding carboxylic acids is 2. The molecule has 0 radical (unpaired) electrons. The number of nitrogens with two attached hydrogens (primary N) is 1. The van der Waals surface area contributed by atoms with Gasteiger partial charge >= 0.3 is 0 Å². The molecule has 2 aliphatic rings. The summed E-state index contributed by atoms with van der Waals surface area (Å²) < 4.78 is 0. The Morgan fingerprint density at radius 1 is 1.36 bits per heavy atom. The molecular weight excluding hydrogens is 300 g/mol. The maximum atomic E-state index is 12.9. The SMILES string of the molecule is CC1(C(=O)N2CCc3cc(C(N)=O)sc3[C@H]2O)CCCCC1. The molecule has 1 aliphatic carbocycles. The van der Waals surface area contributed by atoms with E-state index in [0.29, 0.717) is 22.7 Å². The highest BCUT2D eigenvalue weighted by Gasteiger charge is 2.41. The summed E-state index contributed by atoms with van der Waals surface area (Å²) in [5, 5.41) is 10.6. The van der Waals surface area contributed by atoms with Crippen LogP contribution in [0.3, 0.4) is 0 Å². The third-order valence-corrected chi connectivity index (χ3v) is 6.20. The molecule has 120 valence electrons. The highest BCUT2D eigenvalue weighted by atomic mass is 32.1. The van der Waals surface area contributed by atoms with Crippen molar-refractivity contribution in [2.24, 2.45) is 11.1 Å². The number of aliphatic hydroxyl groups is 1. The van der Waals surface area contributed by atoms with Crippen molar-refractivity contribution >= 4 is 23.2 Å². The quantitative estimate of drug-likeness (QED) is 0.875. The lowest BCUT2D eigenvalue weighted by atomic mass is 9.74. The van der Waals surface area contributed by atoms with Gasteiger partial charge in [-0.3, -0.25) is 9.59 Å². The number of primary amides is 1. The van der Waals surface area contributed by atoms with Gasteiger partial charge in [0, 0.05) is 12.0 Å². The van der Waals surface area contributed by atoms with Crippen molar-refractivity contribution in [3.05, 3.63) is 21.4 Å². The summed E-state index contributed by atoms with van der Waals surface area (Å²) in [7, 11) is 0. The van der Waals surface area contributed by atoms with Gasteiger partial charge in [-0.15, -0.1) is 11.3 Å². The molecule has 22 heavy (non-hydrogen) atoms. The van der Waals surface area contributed by atoms with E-state index < -0.39 is 12.1 Å². The van der Waals surface area contributed by atoms with E-state index in [2.05, 4.69) is 0 Å². The number of carbonyl (C=O) groups is 2. The number of thiophene rings is 1. The Labute approximate surface area is 134 Å². The van der Waals surface area contributed by atoms with Crippen LogP contribution in [0.1, 0.15) is 65.4 Å². The van der Waals surface area contributed by atoms with Crippen molar-refractivity contribution in [2.45, 2.75) is 51.7 Å². The number of nitrogens with zero attached hydrogens (tertiary/aromatic N) is 1. The zero-order valence-corrected chi connectivity index (χ0v) is 13.6. The maximum absolute atomic E-state index is 12.9. The topological polar surface area (TPSA) is 83.6 Å². The van der Waals surface area contributed by atoms with Crippen LogP contribution >= 0.6 is 11.3 Å². The van der Waals surface area contributed by atoms with Crippen LogP contribution in [0.25, 0.3) is 0 Å². The van der Waals surface area contributed by atoms with Crippen molar-refractivity contribution in [2.75, 3.05) is 6.54 Å². The molecule has 0 aromatic carbocycles. The number of rotatable bonds is 2. The molecule has 0 bridgehead atoms. The largest absolute Gasteiger partial charge is 0.368 e. The number of hydrogen-bond acceptors (Lipinski definition) is 4. The van der Waals surface area contributed by atoms with Crippen molar-refractivity contribution in [1.29, 1.82) is 0 Å². The lowest BCUT2D eigenvalue weighted by molar-refractivity contribution is -0.154. The van der Waals surface area contributed by atoms with Crippen LogP contribution in [0.4, 0.5) is 0 Å². The second kappa shape index (κ2) is 5.66. The first-order valence-corrected chi connectivity index (χ1v) is 8.65. The minimum Gasteiger partial charge on any atom is -0.368 e. The third kappa shape index (κ3) is 2.54. The zero-order valence-electron chi connectivity index (χ0n) is 12.8. The zero-order chi connectivity index (χ0) is 15.9.